The summed E-state index contributed by atoms with van der Waals surface area (Å²) in [5, 5.41) is 9.03. The van der Waals surface area contributed by atoms with Crippen LogP contribution in [0.2, 0.25) is 0 Å². The highest BCUT2D eigenvalue weighted by Crippen LogP contribution is 2.35. The lowest BCUT2D eigenvalue weighted by Gasteiger charge is -2.08. The molecule has 5 heterocycles. The first-order valence-corrected chi connectivity index (χ1v) is 11.6. The summed E-state index contributed by atoms with van der Waals surface area (Å²) in [4.78, 5) is 17.6. The van der Waals surface area contributed by atoms with E-state index in [0.29, 0.717) is 28.8 Å². The number of hydrogen-bond donors (Lipinski definition) is 0. The molecular weight excluding hydrogens is 387 g/mol. The van der Waals surface area contributed by atoms with Crippen molar-refractivity contribution in [3.63, 3.8) is 0 Å². The summed E-state index contributed by atoms with van der Waals surface area (Å²) < 4.78 is 16.1. The lowest BCUT2D eigenvalue weighted by molar-refractivity contribution is 0.588. The average molecular weight is 404 g/mol. The van der Waals surface area contributed by atoms with Crippen molar-refractivity contribution >= 4 is 29.4 Å². The average Bonchev–Trinajstić information content (AvgIpc) is 3.34. The summed E-state index contributed by atoms with van der Waals surface area (Å²) in [5.74, 6) is 0. The number of fused-ring (bicyclic) bond motifs is 2. The molecule has 0 N–H and O–H groups in total. The van der Waals surface area contributed by atoms with Gasteiger partial charge in [0.15, 0.2) is 5.65 Å². The summed E-state index contributed by atoms with van der Waals surface area (Å²) in [6.45, 7) is 3.94. The van der Waals surface area contributed by atoms with Crippen LogP contribution in [0.4, 0.5) is 0 Å². The van der Waals surface area contributed by atoms with Gasteiger partial charge < -0.3 is 8.97 Å². The number of aromatic nitrogens is 8. The summed E-state index contributed by atoms with van der Waals surface area (Å²) in [6.07, 6.45) is 10.6. The van der Waals surface area contributed by atoms with Gasteiger partial charge in [-0.25, -0.2) is 19.6 Å². The smallest absolute Gasteiger partial charge is 0.221 e. The molecular formula is C19H17N8OP. The molecule has 5 aromatic heterocycles. The SMILES string of the molecule is CP(C)(=O)c1cncc(-c2cnc3nnn(Cc4ccc5nccn5c4)c3n2)c1. The van der Waals surface area contributed by atoms with Crippen molar-refractivity contribution in [2.45, 2.75) is 6.54 Å². The summed E-state index contributed by atoms with van der Waals surface area (Å²) in [7, 11) is -2.42. The van der Waals surface area contributed by atoms with Gasteiger partial charge in [0, 0.05) is 41.9 Å². The quantitative estimate of drug-likeness (QED) is 0.423. The molecule has 0 spiro atoms. The first-order valence-electron chi connectivity index (χ1n) is 8.96. The molecule has 0 fully saturated rings. The molecule has 0 atom stereocenters. The van der Waals surface area contributed by atoms with Crippen molar-refractivity contribution in [2.24, 2.45) is 0 Å². The molecule has 0 aromatic carbocycles. The highest BCUT2D eigenvalue weighted by atomic mass is 31.2. The van der Waals surface area contributed by atoms with Gasteiger partial charge >= 0.3 is 0 Å². The molecule has 0 radical (unpaired) electrons. The highest BCUT2D eigenvalue weighted by molar-refractivity contribution is 7.70. The third-order valence-corrected chi connectivity index (χ3v) is 6.14. The van der Waals surface area contributed by atoms with Gasteiger partial charge in [-0.1, -0.05) is 11.3 Å². The molecule has 0 amide bonds. The minimum atomic E-state index is -2.42. The van der Waals surface area contributed by atoms with Gasteiger partial charge in [0.2, 0.25) is 5.65 Å². The second-order valence-electron chi connectivity index (χ2n) is 7.16. The Morgan fingerprint density at radius 2 is 2.00 bits per heavy atom. The monoisotopic (exact) mass is 404 g/mol. The maximum absolute atomic E-state index is 12.4. The van der Waals surface area contributed by atoms with Gasteiger partial charge in [-0.3, -0.25) is 4.98 Å². The largest absolute Gasteiger partial charge is 0.319 e. The minimum Gasteiger partial charge on any atom is -0.319 e. The molecule has 9 nitrogen and oxygen atoms in total. The van der Waals surface area contributed by atoms with E-state index >= 15 is 0 Å². The molecule has 0 unspecified atom stereocenters. The predicted octanol–water partition coefficient (Wildman–Crippen LogP) is 2.23. The van der Waals surface area contributed by atoms with Crippen LogP contribution in [-0.2, 0) is 11.1 Å². The molecule has 0 aliphatic heterocycles. The fourth-order valence-electron chi connectivity index (χ4n) is 3.10. The van der Waals surface area contributed by atoms with Gasteiger partial charge in [-0.2, -0.15) is 0 Å². The third kappa shape index (κ3) is 3.30. The molecule has 0 bridgehead atoms. The third-order valence-electron chi connectivity index (χ3n) is 4.65. The van der Waals surface area contributed by atoms with E-state index in [1.807, 2.05) is 35.0 Å². The van der Waals surface area contributed by atoms with Crippen molar-refractivity contribution in [1.29, 1.82) is 0 Å². The van der Waals surface area contributed by atoms with Gasteiger partial charge in [-0.05, 0) is 31.0 Å². The van der Waals surface area contributed by atoms with Crippen LogP contribution in [-0.4, -0.2) is 52.7 Å². The summed E-state index contributed by atoms with van der Waals surface area (Å²) in [5.41, 5.74) is 4.36. The van der Waals surface area contributed by atoms with Gasteiger partial charge in [0.05, 0.1) is 18.4 Å². The van der Waals surface area contributed by atoms with Crippen LogP contribution < -0.4 is 5.30 Å². The standard InChI is InChI=1S/C19H17N8OP/c1-29(2,28)15-7-14(8-20-9-15)16-10-22-18-19(23-16)27(25-24-18)12-13-3-4-17-21-5-6-26(17)11-13/h3-11H,12H2,1-2H3. The Hall–Kier alpha value is -3.45. The predicted molar refractivity (Wildman–Crippen MR) is 110 cm³/mol. The van der Waals surface area contributed by atoms with E-state index in [4.69, 9.17) is 4.98 Å². The van der Waals surface area contributed by atoms with E-state index in [0.717, 1.165) is 16.8 Å². The van der Waals surface area contributed by atoms with E-state index in [1.54, 1.807) is 42.8 Å². The number of rotatable bonds is 4. The van der Waals surface area contributed by atoms with E-state index in [1.165, 1.54) is 0 Å². The molecule has 5 rings (SSSR count). The molecule has 29 heavy (non-hydrogen) atoms. The van der Waals surface area contributed by atoms with Gasteiger partial charge in [-0.15, -0.1) is 5.10 Å². The normalized spacial score (nSPS) is 12.1. The highest BCUT2D eigenvalue weighted by Gasteiger charge is 2.15. The zero-order chi connectivity index (χ0) is 20.0. The van der Waals surface area contributed by atoms with Gasteiger partial charge in [0.25, 0.3) is 0 Å². The van der Waals surface area contributed by atoms with Crippen molar-refractivity contribution in [3.05, 3.63) is 60.9 Å². The summed E-state index contributed by atoms with van der Waals surface area (Å²) in [6, 6.07) is 5.81. The first kappa shape index (κ1) is 17.6. The lowest BCUT2D eigenvalue weighted by Crippen LogP contribution is -2.06. The topological polar surface area (TPSA) is 104 Å². The Balaban J connectivity index is 1.54. The number of hydrogen-bond acceptors (Lipinski definition) is 7. The van der Waals surface area contributed by atoms with Crippen molar-refractivity contribution in [3.8, 4) is 11.3 Å². The second kappa shape index (κ2) is 6.56. The minimum absolute atomic E-state index is 0.471. The molecule has 0 saturated heterocycles. The first-order chi connectivity index (χ1) is 14.0. The van der Waals surface area contributed by atoms with E-state index in [2.05, 4.69) is 25.3 Å². The number of nitrogens with zero attached hydrogens (tertiary/aromatic N) is 8. The maximum Gasteiger partial charge on any atom is 0.221 e. The van der Waals surface area contributed by atoms with E-state index < -0.39 is 7.14 Å². The van der Waals surface area contributed by atoms with Crippen LogP contribution in [0.1, 0.15) is 5.56 Å². The zero-order valence-corrected chi connectivity index (χ0v) is 16.7. The Morgan fingerprint density at radius 1 is 1.10 bits per heavy atom. The van der Waals surface area contributed by atoms with Crippen molar-refractivity contribution in [2.75, 3.05) is 13.3 Å². The fourth-order valence-corrected chi connectivity index (χ4v) is 3.89. The van der Waals surface area contributed by atoms with Crippen LogP contribution in [0.3, 0.4) is 0 Å². The number of imidazole rings is 1. The van der Waals surface area contributed by atoms with E-state index in [-0.39, 0.29) is 0 Å². The Labute approximate surface area is 165 Å². The lowest BCUT2D eigenvalue weighted by atomic mass is 10.2. The van der Waals surface area contributed by atoms with Crippen LogP contribution in [0, 0.1) is 0 Å². The van der Waals surface area contributed by atoms with Gasteiger partial charge in [0.1, 0.15) is 12.8 Å². The molecule has 0 aliphatic carbocycles. The molecule has 144 valence electrons. The second-order valence-corrected chi connectivity index (χ2v) is 10.4. The van der Waals surface area contributed by atoms with Crippen LogP contribution >= 0.6 is 7.14 Å². The molecule has 0 aliphatic rings. The Kier molecular flexibility index (Phi) is 3.99. The van der Waals surface area contributed by atoms with Crippen LogP contribution in [0.25, 0.3) is 28.2 Å². The van der Waals surface area contributed by atoms with Crippen molar-refractivity contribution in [1.82, 2.24) is 39.3 Å². The zero-order valence-electron chi connectivity index (χ0n) is 15.8. The fraction of sp³-hybridized carbons (Fsp3) is 0.158. The number of pyridine rings is 2. The van der Waals surface area contributed by atoms with Crippen LogP contribution in [0.15, 0.2) is 55.4 Å². The maximum atomic E-state index is 12.4. The molecule has 5 aromatic rings. The van der Waals surface area contributed by atoms with Crippen molar-refractivity contribution < 1.29 is 4.57 Å². The van der Waals surface area contributed by atoms with E-state index in [9.17, 15) is 4.57 Å². The Morgan fingerprint density at radius 3 is 2.86 bits per heavy atom. The molecule has 10 heteroatoms. The summed E-state index contributed by atoms with van der Waals surface area (Å²) >= 11 is 0. The van der Waals surface area contributed by atoms with Crippen LogP contribution in [0.5, 0.6) is 0 Å². The molecule has 0 saturated carbocycles. The Bertz CT molecular complexity index is 1400.